The van der Waals surface area contributed by atoms with E-state index in [1.54, 1.807) is 69.3 Å². The summed E-state index contributed by atoms with van der Waals surface area (Å²) < 4.78 is 5.48. The first-order chi connectivity index (χ1) is 13.7. The molecular formula is C24H23NO4. The number of hydrogen-bond acceptors (Lipinski definition) is 4. The number of methoxy groups -OCH3 is 1. The van der Waals surface area contributed by atoms with Crippen molar-refractivity contribution in [3.05, 3.63) is 59.7 Å². The number of terminal acetylenes is 1. The Morgan fingerprint density at radius 3 is 2.24 bits per heavy atom. The summed E-state index contributed by atoms with van der Waals surface area (Å²) in [6, 6.07) is 13.1. The number of ether oxygens (including phenoxy) is 1. The van der Waals surface area contributed by atoms with Gasteiger partial charge in [0, 0.05) is 22.2 Å². The Bertz CT molecular complexity index is 1010. The molecule has 1 aliphatic rings. The Labute approximate surface area is 170 Å². The lowest BCUT2D eigenvalue weighted by Gasteiger charge is -2.30. The summed E-state index contributed by atoms with van der Waals surface area (Å²) in [5, 5.41) is 0. The molecule has 5 heteroatoms. The van der Waals surface area contributed by atoms with E-state index in [0.29, 0.717) is 22.6 Å². The largest absolute Gasteiger partial charge is 0.496 e. The molecule has 2 aromatic carbocycles. The van der Waals surface area contributed by atoms with E-state index in [1.165, 1.54) is 12.0 Å². The minimum absolute atomic E-state index is 0.283. The molecule has 1 saturated heterocycles. The molecular weight excluding hydrogens is 366 g/mol. The molecule has 2 atom stereocenters. The molecule has 3 rings (SSSR count). The van der Waals surface area contributed by atoms with Gasteiger partial charge < -0.3 is 4.74 Å². The fourth-order valence-electron chi connectivity index (χ4n) is 3.63. The molecule has 0 aromatic heterocycles. The molecule has 1 amide bonds. The summed E-state index contributed by atoms with van der Waals surface area (Å²) in [6.45, 7) is 5.24. The van der Waals surface area contributed by atoms with Crippen LogP contribution in [0.25, 0.3) is 0 Å². The second kappa shape index (κ2) is 7.56. The van der Waals surface area contributed by atoms with Gasteiger partial charge in [-0.25, -0.2) is 0 Å². The number of benzene rings is 2. The van der Waals surface area contributed by atoms with Crippen LogP contribution >= 0.6 is 0 Å². The number of rotatable bonds is 4. The first-order valence-corrected chi connectivity index (χ1v) is 9.32. The average Bonchev–Trinajstić information content (AvgIpc) is 2.97. The van der Waals surface area contributed by atoms with Crippen LogP contribution in [0.5, 0.6) is 5.75 Å². The minimum atomic E-state index is -1.12. The molecule has 0 bridgehead atoms. The van der Waals surface area contributed by atoms with Crippen molar-refractivity contribution in [3.63, 3.8) is 0 Å². The number of carbonyl (C=O) groups is 3. The maximum absolute atomic E-state index is 13.2. The number of Topliss-reactive ketones (excluding diaryl/α,β-unsaturated/α-hetero) is 2. The predicted molar refractivity (Wildman–Crippen MR) is 111 cm³/mol. The topological polar surface area (TPSA) is 63.7 Å². The summed E-state index contributed by atoms with van der Waals surface area (Å²) in [7, 11) is 1.52. The van der Waals surface area contributed by atoms with Gasteiger partial charge in [-0.1, -0.05) is 44.9 Å². The second-order valence-corrected chi connectivity index (χ2v) is 8.01. The zero-order valence-corrected chi connectivity index (χ0v) is 16.9. The lowest BCUT2D eigenvalue weighted by atomic mass is 9.77. The third kappa shape index (κ3) is 3.54. The highest BCUT2D eigenvalue weighted by molar-refractivity contribution is 6.48. The molecule has 0 spiro atoms. The predicted octanol–water partition coefficient (Wildman–Crippen LogP) is 3.56. The van der Waals surface area contributed by atoms with Gasteiger partial charge in [0.1, 0.15) is 11.7 Å². The number of amides is 1. The van der Waals surface area contributed by atoms with Crippen LogP contribution in [-0.2, 0) is 14.4 Å². The van der Waals surface area contributed by atoms with Crippen LogP contribution in [0.2, 0.25) is 0 Å². The Hall–Kier alpha value is -3.39. The number of anilines is 1. The van der Waals surface area contributed by atoms with Crippen molar-refractivity contribution < 1.29 is 19.1 Å². The minimum Gasteiger partial charge on any atom is -0.496 e. The summed E-state index contributed by atoms with van der Waals surface area (Å²) in [4.78, 5) is 40.6. The van der Waals surface area contributed by atoms with Gasteiger partial charge in [0.15, 0.2) is 5.78 Å². The van der Waals surface area contributed by atoms with Crippen LogP contribution in [0.3, 0.4) is 0 Å². The van der Waals surface area contributed by atoms with Crippen molar-refractivity contribution in [2.75, 3.05) is 12.0 Å². The SMILES string of the molecule is C#Cc1ccc(N2C(=O)C(=O)C(C(=O)C(C)(C)C)C2c2ccccc2OC)cc1. The number of carbonyl (C=O) groups excluding carboxylic acids is 3. The number of para-hydroxylation sites is 1. The molecule has 1 aliphatic heterocycles. The molecule has 1 fully saturated rings. The van der Waals surface area contributed by atoms with Gasteiger partial charge in [-0.05, 0) is 30.3 Å². The molecule has 1 heterocycles. The fraction of sp³-hybridized carbons (Fsp3) is 0.292. The van der Waals surface area contributed by atoms with Crippen LogP contribution in [-0.4, -0.2) is 24.6 Å². The molecule has 2 aromatic rings. The van der Waals surface area contributed by atoms with Gasteiger partial charge in [-0.15, -0.1) is 6.42 Å². The van der Waals surface area contributed by atoms with E-state index in [1.807, 2.05) is 0 Å². The van der Waals surface area contributed by atoms with Gasteiger partial charge in [-0.2, -0.15) is 0 Å². The molecule has 148 valence electrons. The van der Waals surface area contributed by atoms with E-state index in [-0.39, 0.29) is 5.78 Å². The summed E-state index contributed by atoms with van der Waals surface area (Å²) in [5.74, 6) is 0.219. The van der Waals surface area contributed by atoms with Crippen molar-refractivity contribution in [2.45, 2.75) is 26.8 Å². The lowest BCUT2D eigenvalue weighted by molar-refractivity contribution is -0.141. The van der Waals surface area contributed by atoms with Crippen molar-refractivity contribution in [1.82, 2.24) is 0 Å². The van der Waals surface area contributed by atoms with E-state index in [9.17, 15) is 14.4 Å². The van der Waals surface area contributed by atoms with Crippen LogP contribution in [0.1, 0.15) is 37.9 Å². The van der Waals surface area contributed by atoms with Crippen molar-refractivity contribution >= 4 is 23.2 Å². The van der Waals surface area contributed by atoms with E-state index < -0.39 is 29.1 Å². The number of ketones is 2. The number of hydrogen-bond donors (Lipinski definition) is 0. The quantitative estimate of drug-likeness (QED) is 0.456. The molecule has 0 aliphatic carbocycles. The molecule has 29 heavy (non-hydrogen) atoms. The van der Waals surface area contributed by atoms with Crippen LogP contribution in [0, 0.1) is 23.7 Å². The van der Waals surface area contributed by atoms with Gasteiger partial charge in [-0.3, -0.25) is 19.3 Å². The van der Waals surface area contributed by atoms with Gasteiger partial charge >= 0.3 is 0 Å². The highest BCUT2D eigenvalue weighted by Crippen LogP contribution is 2.45. The van der Waals surface area contributed by atoms with Gasteiger partial charge in [0.25, 0.3) is 5.91 Å². The second-order valence-electron chi connectivity index (χ2n) is 8.01. The summed E-state index contributed by atoms with van der Waals surface area (Å²) in [5.41, 5.74) is 0.979. The zero-order valence-electron chi connectivity index (χ0n) is 16.9. The third-order valence-electron chi connectivity index (χ3n) is 5.10. The Kier molecular flexibility index (Phi) is 5.30. The number of nitrogens with zero attached hydrogens (tertiary/aromatic N) is 1. The first-order valence-electron chi connectivity index (χ1n) is 9.32. The fourth-order valence-corrected chi connectivity index (χ4v) is 3.63. The lowest BCUT2D eigenvalue weighted by Crippen LogP contribution is -2.36. The molecule has 0 radical (unpaired) electrons. The maximum atomic E-state index is 13.2. The first kappa shape index (κ1) is 20.3. The summed E-state index contributed by atoms with van der Waals surface area (Å²) in [6.07, 6.45) is 5.42. The van der Waals surface area contributed by atoms with Crippen molar-refractivity contribution in [2.24, 2.45) is 11.3 Å². The van der Waals surface area contributed by atoms with E-state index >= 15 is 0 Å². The van der Waals surface area contributed by atoms with Gasteiger partial charge in [0.2, 0.25) is 5.78 Å². The monoisotopic (exact) mass is 389 g/mol. The zero-order chi connectivity index (χ0) is 21.3. The maximum Gasteiger partial charge on any atom is 0.295 e. The van der Waals surface area contributed by atoms with Crippen LogP contribution in [0.4, 0.5) is 5.69 Å². The molecule has 2 unspecified atom stereocenters. The Morgan fingerprint density at radius 1 is 1.07 bits per heavy atom. The Balaban J connectivity index is 2.22. The third-order valence-corrected chi connectivity index (χ3v) is 5.10. The standard InChI is InChI=1S/C24H23NO4/c1-6-15-11-13-16(14-12-15)25-20(17-9-7-8-10-18(17)29-5)19(21(26)23(25)28)22(27)24(2,3)4/h1,7-14,19-20H,2-5H3. The molecule has 5 nitrogen and oxygen atoms in total. The summed E-state index contributed by atoms with van der Waals surface area (Å²) >= 11 is 0. The van der Waals surface area contributed by atoms with Gasteiger partial charge in [0.05, 0.1) is 13.2 Å². The highest BCUT2D eigenvalue weighted by atomic mass is 16.5. The smallest absolute Gasteiger partial charge is 0.295 e. The Morgan fingerprint density at radius 2 is 1.69 bits per heavy atom. The molecule has 0 N–H and O–H groups in total. The van der Waals surface area contributed by atoms with E-state index in [4.69, 9.17) is 11.2 Å². The van der Waals surface area contributed by atoms with Crippen LogP contribution in [0.15, 0.2) is 48.5 Å². The molecule has 0 saturated carbocycles. The van der Waals surface area contributed by atoms with E-state index in [2.05, 4.69) is 5.92 Å². The normalized spacial score (nSPS) is 19.2. The average molecular weight is 389 g/mol. The van der Waals surface area contributed by atoms with Crippen molar-refractivity contribution in [3.8, 4) is 18.1 Å². The van der Waals surface area contributed by atoms with Crippen molar-refractivity contribution in [1.29, 1.82) is 0 Å². The van der Waals surface area contributed by atoms with E-state index in [0.717, 1.165) is 0 Å². The highest BCUT2D eigenvalue weighted by Gasteiger charge is 2.54. The van der Waals surface area contributed by atoms with Crippen LogP contribution < -0.4 is 9.64 Å².